The summed E-state index contributed by atoms with van der Waals surface area (Å²) in [7, 11) is 0. The number of ether oxygens (including phenoxy) is 2. The quantitative estimate of drug-likeness (QED) is 0.114. The molecule has 202 valence electrons. The van der Waals surface area contributed by atoms with Crippen LogP contribution in [0, 0.1) is 17.0 Å². The Kier molecular flexibility index (Phi) is 8.75. The highest BCUT2D eigenvalue weighted by Gasteiger charge is 2.23. The summed E-state index contributed by atoms with van der Waals surface area (Å²) in [5, 5.41) is 16.9. The van der Waals surface area contributed by atoms with Crippen molar-refractivity contribution < 1.29 is 14.4 Å². The van der Waals surface area contributed by atoms with Gasteiger partial charge in [-0.2, -0.15) is 9.78 Å². The molecule has 0 N–H and O–H groups in total. The molecular weight excluding hydrogens is 564 g/mol. The molecule has 1 atom stereocenters. The zero-order valence-corrected chi connectivity index (χ0v) is 23.8. The van der Waals surface area contributed by atoms with Gasteiger partial charge in [-0.25, -0.2) is 4.98 Å². The van der Waals surface area contributed by atoms with Gasteiger partial charge in [-0.1, -0.05) is 59.6 Å². The molecular formula is C29H29BrN4O5. The Bertz CT molecular complexity index is 1600. The van der Waals surface area contributed by atoms with Crippen LogP contribution in [0.3, 0.4) is 0 Å². The van der Waals surface area contributed by atoms with E-state index < -0.39 is 4.92 Å². The largest absolute Gasteiger partial charge is 0.490 e. The Morgan fingerprint density at radius 2 is 1.87 bits per heavy atom. The van der Waals surface area contributed by atoms with Crippen LogP contribution in [0.5, 0.6) is 11.5 Å². The van der Waals surface area contributed by atoms with Crippen molar-refractivity contribution in [1.29, 1.82) is 0 Å². The second-order valence-electron chi connectivity index (χ2n) is 9.13. The topological polar surface area (TPSA) is 109 Å². The van der Waals surface area contributed by atoms with Crippen LogP contribution < -0.4 is 15.0 Å². The lowest BCUT2D eigenvalue weighted by Gasteiger charge is -2.15. The molecule has 0 saturated carbocycles. The summed E-state index contributed by atoms with van der Waals surface area (Å²) in [4.78, 5) is 29.6. The van der Waals surface area contributed by atoms with Gasteiger partial charge in [0.25, 0.3) is 5.56 Å². The van der Waals surface area contributed by atoms with E-state index in [1.807, 2.05) is 51.1 Å². The van der Waals surface area contributed by atoms with Crippen LogP contribution in [0.4, 0.5) is 5.69 Å². The van der Waals surface area contributed by atoms with Crippen LogP contribution in [-0.4, -0.2) is 27.4 Å². The Morgan fingerprint density at radius 1 is 1.13 bits per heavy atom. The number of aromatic nitrogens is 2. The summed E-state index contributed by atoms with van der Waals surface area (Å²) in [6.45, 7) is 8.16. The lowest BCUT2D eigenvalue weighted by molar-refractivity contribution is -0.386. The van der Waals surface area contributed by atoms with Crippen molar-refractivity contribution >= 4 is 38.7 Å². The minimum atomic E-state index is -0.518. The molecule has 0 saturated heterocycles. The van der Waals surface area contributed by atoms with Gasteiger partial charge in [0.2, 0.25) is 5.75 Å². The number of hydrogen-bond donors (Lipinski definition) is 0. The lowest BCUT2D eigenvalue weighted by atomic mass is 10.1. The second kappa shape index (κ2) is 12.2. The minimum absolute atomic E-state index is 0.0364. The predicted molar refractivity (Wildman–Crippen MR) is 155 cm³/mol. The fraction of sp³-hybridized carbons (Fsp3) is 0.276. The number of benzene rings is 3. The summed E-state index contributed by atoms with van der Waals surface area (Å²) in [5.74, 6) is 0.713. The standard InChI is InChI=1S/C29H29BrN4O5/c1-5-19(4)28-32-24-12-11-22(30)15-23(24)29(35)33(28)31-16-21-13-25(34(36)37)27(26(14-21)38-6-2)39-17-20-9-7-18(3)8-10-20/h7-16,19H,5-6,17H2,1-4H3/t19-/m1/s1. The van der Waals surface area contributed by atoms with Crippen LogP contribution in [0.1, 0.15) is 55.6 Å². The number of hydrogen-bond acceptors (Lipinski definition) is 7. The van der Waals surface area contributed by atoms with Crippen LogP contribution >= 0.6 is 15.9 Å². The fourth-order valence-electron chi connectivity index (χ4n) is 3.97. The van der Waals surface area contributed by atoms with Crippen molar-refractivity contribution in [2.75, 3.05) is 6.61 Å². The number of aryl methyl sites for hydroxylation is 1. The number of nitro benzene ring substituents is 1. The van der Waals surface area contributed by atoms with E-state index in [2.05, 4.69) is 21.0 Å². The molecule has 0 aliphatic rings. The van der Waals surface area contributed by atoms with E-state index in [4.69, 9.17) is 14.5 Å². The number of halogens is 1. The Hall–Kier alpha value is -4.05. The molecule has 9 nitrogen and oxygen atoms in total. The lowest BCUT2D eigenvalue weighted by Crippen LogP contribution is -2.23. The van der Waals surface area contributed by atoms with Gasteiger partial charge in [0, 0.05) is 22.0 Å². The first-order chi connectivity index (χ1) is 18.7. The molecule has 3 aromatic carbocycles. The van der Waals surface area contributed by atoms with Gasteiger partial charge in [0.1, 0.15) is 12.4 Å². The van der Waals surface area contributed by atoms with Crippen LogP contribution in [0.25, 0.3) is 10.9 Å². The number of nitrogens with zero attached hydrogens (tertiary/aromatic N) is 4. The van der Waals surface area contributed by atoms with E-state index in [1.165, 1.54) is 17.0 Å². The maximum atomic E-state index is 13.4. The highest BCUT2D eigenvalue weighted by molar-refractivity contribution is 9.10. The molecule has 0 radical (unpaired) electrons. The first-order valence-electron chi connectivity index (χ1n) is 12.6. The maximum Gasteiger partial charge on any atom is 0.315 e. The van der Waals surface area contributed by atoms with Gasteiger partial charge in [-0.3, -0.25) is 14.9 Å². The number of rotatable bonds is 10. The Morgan fingerprint density at radius 3 is 2.54 bits per heavy atom. The van der Waals surface area contributed by atoms with Gasteiger partial charge in [0.05, 0.1) is 28.6 Å². The Labute approximate surface area is 234 Å². The van der Waals surface area contributed by atoms with Gasteiger partial charge in [-0.05, 0) is 50.1 Å². The van der Waals surface area contributed by atoms with Gasteiger partial charge < -0.3 is 9.47 Å². The van der Waals surface area contributed by atoms with Crippen LogP contribution in [0.15, 0.2) is 69.0 Å². The molecule has 4 rings (SSSR count). The fourth-order valence-corrected chi connectivity index (χ4v) is 4.33. The molecule has 0 amide bonds. The SMILES string of the molecule is CCOc1cc(C=Nn2c([C@H](C)CC)nc3ccc(Br)cc3c2=O)cc([N+](=O)[O-])c1OCc1ccc(C)cc1. The molecule has 0 unspecified atom stereocenters. The van der Waals surface area contributed by atoms with Gasteiger partial charge in [0.15, 0.2) is 5.75 Å². The maximum absolute atomic E-state index is 13.4. The van der Waals surface area contributed by atoms with Crippen molar-refractivity contribution in [2.24, 2.45) is 5.10 Å². The van der Waals surface area contributed by atoms with E-state index in [1.54, 1.807) is 25.1 Å². The molecule has 0 aliphatic heterocycles. The zero-order chi connectivity index (χ0) is 28.1. The third-order valence-electron chi connectivity index (χ3n) is 6.27. The molecule has 0 aliphatic carbocycles. The number of nitro groups is 1. The summed E-state index contributed by atoms with van der Waals surface area (Å²) < 4.78 is 13.6. The highest BCUT2D eigenvalue weighted by atomic mass is 79.9. The van der Waals surface area contributed by atoms with E-state index >= 15 is 0 Å². The van der Waals surface area contributed by atoms with Crippen molar-refractivity contribution in [3.63, 3.8) is 0 Å². The van der Waals surface area contributed by atoms with Crippen molar-refractivity contribution in [1.82, 2.24) is 9.66 Å². The first-order valence-corrected chi connectivity index (χ1v) is 13.4. The summed E-state index contributed by atoms with van der Waals surface area (Å²) >= 11 is 3.41. The third-order valence-corrected chi connectivity index (χ3v) is 6.76. The predicted octanol–water partition coefficient (Wildman–Crippen LogP) is 6.75. The van der Waals surface area contributed by atoms with Gasteiger partial charge in [-0.15, -0.1) is 0 Å². The third kappa shape index (κ3) is 6.34. The smallest absolute Gasteiger partial charge is 0.315 e. The molecule has 0 spiro atoms. The molecule has 0 bridgehead atoms. The van der Waals surface area contributed by atoms with Crippen LogP contribution in [-0.2, 0) is 6.61 Å². The minimum Gasteiger partial charge on any atom is -0.490 e. The average molecular weight is 593 g/mol. The molecule has 0 fully saturated rings. The highest BCUT2D eigenvalue weighted by Crippen LogP contribution is 2.39. The average Bonchev–Trinajstić information content (AvgIpc) is 2.92. The van der Waals surface area contributed by atoms with E-state index in [-0.39, 0.29) is 41.9 Å². The molecule has 1 heterocycles. The van der Waals surface area contributed by atoms with Crippen molar-refractivity contribution in [3.05, 3.63) is 102 Å². The van der Waals surface area contributed by atoms with E-state index in [0.29, 0.717) is 22.3 Å². The Balaban J connectivity index is 1.78. The van der Waals surface area contributed by atoms with Crippen molar-refractivity contribution in [3.8, 4) is 11.5 Å². The van der Waals surface area contributed by atoms with Gasteiger partial charge >= 0.3 is 5.69 Å². The monoisotopic (exact) mass is 592 g/mol. The summed E-state index contributed by atoms with van der Waals surface area (Å²) in [5.41, 5.74) is 2.34. The second-order valence-corrected chi connectivity index (χ2v) is 10.0. The van der Waals surface area contributed by atoms with E-state index in [9.17, 15) is 14.9 Å². The van der Waals surface area contributed by atoms with Crippen LogP contribution in [0.2, 0.25) is 0 Å². The summed E-state index contributed by atoms with van der Waals surface area (Å²) in [6, 6.07) is 16.0. The van der Waals surface area contributed by atoms with E-state index in [0.717, 1.165) is 22.0 Å². The molecule has 10 heteroatoms. The van der Waals surface area contributed by atoms with Crippen molar-refractivity contribution in [2.45, 2.75) is 46.6 Å². The normalized spacial score (nSPS) is 12.1. The molecule has 4 aromatic rings. The molecule has 39 heavy (non-hydrogen) atoms. The number of fused-ring (bicyclic) bond motifs is 1. The summed E-state index contributed by atoms with van der Waals surface area (Å²) in [6.07, 6.45) is 2.15. The first kappa shape index (κ1) is 28.0. The zero-order valence-electron chi connectivity index (χ0n) is 22.2. The molecule has 1 aromatic heterocycles.